The molecule has 12 heavy (non-hydrogen) atoms. The summed E-state index contributed by atoms with van der Waals surface area (Å²) in [6.07, 6.45) is 8.18. The van der Waals surface area contributed by atoms with E-state index in [9.17, 15) is 4.79 Å². The zero-order valence-electron chi connectivity index (χ0n) is 7.51. The van der Waals surface area contributed by atoms with E-state index < -0.39 is 10.7 Å². The van der Waals surface area contributed by atoms with Crippen LogP contribution in [-0.2, 0) is 4.79 Å². The van der Waals surface area contributed by atoms with Crippen LogP contribution >= 0.6 is 11.8 Å². The molecule has 1 saturated carbocycles. The fourth-order valence-corrected chi connectivity index (χ4v) is 2.68. The Labute approximate surface area is 77.7 Å². The van der Waals surface area contributed by atoms with Crippen molar-refractivity contribution < 1.29 is 9.90 Å². The molecule has 1 aliphatic carbocycles. The van der Waals surface area contributed by atoms with Crippen LogP contribution in [0.5, 0.6) is 0 Å². The molecular weight excluding hydrogens is 172 g/mol. The minimum absolute atomic E-state index is 0.462. The molecule has 0 aromatic rings. The van der Waals surface area contributed by atoms with E-state index in [1.165, 1.54) is 24.6 Å². The van der Waals surface area contributed by atoms with Gasteiger partial charge in [0.1, 0.15) is 4.75 Å². The molecule has 1 aliphatic rings. The van der Waals surface area contributed by atoms with E-state index in [1.807, 2.05) is 6.26 Å². The minimum Gasteiger partial charge on any atom is -0.480 e. The Morgan fingerprint density at radius 3 is 2.08 bits per heavy atom. The lowest BCUT2D eigenvalue weighted by molar-refractivity contribution is -0.140. The van der Waals surface area contributed by atoms with Gasteiger partial charge in [-0.1, -0.05) is 25.7 Å². The van der Waals surface area contributed by atoms with E-state index in [-0.39, 0.29) is 0 Å². The molecule has 0 heterocycles. The average Bonchev–Trinajstić information content (AvgIpc) is 2.29. The summed E-state index contributed by atoms with van der Waals surface area (Å²) >= 11 is 1.52. The van der Waals surface area contributed by atoms with Crippen molar-refractivity contribution in [3.05, 3.63) is 0 Å². The fraction of sp³-hybridized carbons (Fsp3) is 0.889. The largest absolute Gasteiger partial charge is 0.480 e. The monoisotopic (exact) mass is 188 g/mol. The number of carbonyl (C=O) groups is 1. The van der Waals surface area contributed by atoms with Gasteiger partial charge in [0.25, 0.3) is 0 Å². The quantitative estimate of drug-likeness (QED) is 0.677. The van der Waals surface area contributed by atoms with Crippen molar-refractivity contribution in [2.75, 3.05) is 6.26 Å². The molecule has 0 radical (unpaired) electrons. The predicted octanol–water partition coefficient (Wildman–Crippen LogP) is 2.53. The van der Waals surface area contributed by atoms with Crippen molar-refractivity contribution in [3.63, 3.8) is 0 Å². The SMILES string of the molecule is CSC1(C(=O)O)CCCCCC1. The van der Waals surface area contributed by atoms with E-state index in [1.54, 1.807) is 0 Å². The third-order valence-corrected chi connectivity index (χ3v) is 4.06. The fourth-order valence-electron chi connectivity index (χ4n) is 1.80. The van der Waals surface area contributed by atoms with Crippen molar-refractivity contribution in [2.45, 2.75) is 43.3 Å². The molecule has 0 amide bonds. The zero-order valence-corrected chi connectivity index (χ0v) is 8.32. The van der Waals surface area contributed by atoms with Crippen molar-refractivity contribution >= 4 is 17.7 Å². The molecule has 0 aromatic heterocycles. The lowest BCUT2D eigenvalue weighted by Gasteiger charge is -2.25. The highest BCUT2D eigenvalue weighted by Crippen LogP contribution is 2.37. The molecule has 2 nitrogen and oxygen atoms in total. The summed E-state index contributed by atoms with van der Waals surface area (Å²) in [5, 5.41) is 9.09. The van der Waals surface area contributed by atoms with Gasteiger partial charge >= 0.3 is 5.97 Å². The van der Waals surface area contributed by atoms with Crippen LogP contribution in [-0.4, -0.2) is 22.1 Å². The van der Waals surface area contributed by atoms with Crippen molar-refractivity contribution in [1.29, 1.82) is 0 Å². The molecular formula is C9H16O2S. The first-order valence-electron chi connectivity index (χ1n) is 4.50. The molecule has 1 rings (SSSR count). The summed E-state index contributed by atoms with van der Waals surface area (Å²) < 4.78 is -0.462. The van der Waals surface area contributed by atoms with Crippen LogP contribution in [0, 0.1) is 0 Å². The molecule has 0 aliphatic heterocycles. The highest BCUT2D eigenvalue weighted by Gasteiger charge is 2.37. The smallest absolute Gasteiger partial charge is 0.319 e. The summed E-state index contributed by atoms with van der Waals surface area (Å²) in [6.45, 7) is 0. The van der Waals surface area contributed by atoms with Gasteiger partial charge in [0, 0.05) is 0 Å². The second-order valence-electron chi connectivity index (χ2n) is 3.42. The second kappa shape index (κ2) is 4.17. The molecule has 0 bridgehead atoms. The Kier molecular flexibility index (Phi) is 3.44. The lowest BCUT2D eigenvalue weighted by atomic mass is 10.00. The molecule has 0 saturated heterocycles. The molecule has 70 valence electrons. The molecule has 1 N–H and O–H groups in total. The van der Waals surface area contributed by atoms with Gasteiger partial charge in [0.05, 0.1) is 0 Å². The molecule has 0 spiro atoms. The van der Waals surface area contributed by atoms with E-state index in [0.717, 1.165) is 25.7 Å². The third-order valence-electron chi connectivity index (χ3n) is 2.69. The van der Waals surface area contributed by atoms with Crippen molar-refractivity contribution in [3.8, 4) is 0 Å². The van der Waals surface area contributed by atoms with Crippen LogP contribution in [0.3, 0.4) is 0 Å². The van der Waals surface area contributed by atoms with Gasteiger partial charge in [-0.2, -0.15) is 0 Å². The van der Waals surface area contributed by atoms with Crippen molar-refractivity contribution in [2.24, 2.45) is 0 Å². The molecule has 3 heteroatoms. The van der Waals surface area contributed by atoms with E-state index in [2.05, 4.69) is 0 Å². The maximum absolute atomic E-state index is 11.0. The predicted molar refractivity (Wildman–Crippen MR) is 51.6 cm³/mol. The summed E-state index contributed by atoms with van der Waals surface area (Å²) in [4.78, 5) is 11.0. The summed E-state index contributed by atoms with van der Waals surface area (Å²) in [6, 6.07) is 0. The number of carboxylic acid groups (broad SMARTS) is 1. The van der Waals surface area contributed by atoms with Crippen LogP contribution in [0.15, 0.2) is 0 Å². The summed E-state index contributed by atoms with van der Waals surface area (Å²) in [5.41, 5.74) is 0. The average molecular weight is 188 g/mol. The van der Waals surface area contributed by atoms with Gasteiger partial charge in [-0.15, -0.1) is 11.8 Å². The van der Waals surface area contributed by atoms with Crippen LogP contribution in [0.4, 0.5) is 0 Å². The molecule has 0 unspecified atom stereocenters. The normalized spacial score (nSPS) is 23.1. The number of hydrogen-bond acceptors (Lipinski definition) is 2. The number of thioether (sulfide) groups is 1. The van der Waals surface area contributed by atoms with Gasteiger partial charge in [-0.05, 0) is 19.1 Å². The molecule has 0 atom stereocenters. The number of carboxylic acids is 1. The van der Waals surface area contributed by atoms with E-state index in [4.69, 9.17) is 5.11 Å². The van der Waals surface area contributed by atoms with Crippen LogP contribution in [0.2, 0.25) is 0 Å². The summed E-state index contributed by atoms with van der Waals surface area (Å²) in [7, 11) is 0. The lowest BCUT2D eigenvalue weighted by Crippen LogP contribution is -2.34. The standard InChI is InChI=1S/C9H16O2S/c1-12-9(8(10)11)6-4-2-3-5-7-9/h2-7H2,1H3,(H,10,11). The Bertz CT molecular complexity index is 160. The van der Waals surface area contributed by atoms with E-state index >= 15 is 0 Å². The van der Waals surface area contributed by atoms with Crippen LogP contribution in [0.1, 0.15) is 38.5 Å². The second-order valence-corrected chi connectivity index (χ2v) is 4.61. The Balaban J connectivity index is 2.68. The Morgan fingerprint density at radius 2 is 1.75 bits per heavy atom. The number of rotatable bonds is 2. The van der Waals surface area contributed by atoms with Crippen LogP contribution in [0.25, 0.3) is 0 Å². The van der Waals surface area contributed by atoms with Gasteiger partial charge in [0.2, 0.25) is 0 Å². The van der Waals surface area contributed by atoms with E-state index in [0.29, 0.717) is 0 Å². The van der Waals surface area contributed by atoms with Gasteiger partial charge in [0.15, 0.2) is 0 Å². The van der Waals surface area contributed by atoms with Crippen molar-refractivity contribution in [1.82, 2.24) is 0 Å². The van der Waals surface area contributed by atoms with Gasteiger partial charge in [-0.25, -0.2) is 0 Å². The highest BCUT2D eigenvalue weighted by molar-refractivity contribution is 8.00. The van der Waals surface area contributed by atoms with Crippen LogP contribution < -0.4 is 0 Å². The molecule has 1 fully saturated rings. The minimum atomic E-state index is -0.614. The first-order valence-corrected chi connectivity index (χ1v) is 5.72. The topological polar surface area (TPSA) is 37.3 Å². The first-order chi connectivity index (χ1) is 5.71. The Hall–Kier alpha value is -0.180. The first kappa shape index (κ1) is 9.90. The number of hydrogen-bond donors (Lipinski definition) is 1. The number of aliphatic carboxylic acids is 1. The zero-order chi connectivity index (χ0) is 9.03. The van der Waals surface area contributed by atoms with Gasteiger partial charge < -0.3 is 5.11 Å². The Morgan fingerprint density at radius 1 is 1.25 bits per heavy atom. The highest BCUT2D eigenvalue weighted by atomic mass is 32.2. The van der Waals surface area contributed by atoms with Gasteiger partial charge in [-0.3, -0.25) is 4.79 Å². The maximum Gasteiger partial charge on any atom is 0.319 e. The molecule has 0 aromatic carbocycles. The summed E-state index contributed by atoms with van der Waals surface area (Å²) in [5.74, 6) is -0.614. The maximum atomic E-state index is 11.0. The third kappa shape index (κ3) is 1.94.